The molecule has 1 N–H and O–H groups in total. The summed E-state index contributed by atoms with van der Waals surface area (Å²) in [7, 11) is 2.04. The molecular weight excluding hydrogens is 324 g/mol. The molecule has 1 aliphatic heterocycles. The van der Waals surface area contributed by atoms with Crippen molar-refractivity contribution >= 4 is 23.2 Å². The SMILES string of the molecule is CN1CCC[C@H](C(=O)Nc2cc(Cl)ccc2Oc2ccccc2)C1. The van der Waals surface area contributed by atoms with Crippen molar-refractivity contribution in [2.75, 3.05) is 25.5 Å². The molecule has 0 aliphatic carbocycles. The molecule has 1 heterocycles. The summed E-state index contributed by atoms with van der Waals surface area (Å²) in [6.07, 6.45) is 1.95. The van der Waals surface area contributed by atoms with Crippen LogP contribution in [0.2, 0.25) is 5.02 Å². The number of amides is 1. The van der Waals surface area contributed by atoms with E-state index in [0.29, 0.717) is 22.2 Å². The van der Waals surface area contributed by atoms with Gasteiger partial charge in [-0.15, -0.1) is 0 Å². The second-order valence-corrected chi connectivity index (χ2v) is 6.58. The van der Waals surface area contributed by atoms with E-state index in [2.05, 4.69) is 10.2 Å². The fourth-order valence-corrected chi connectivity index (χ4v) is 3.09. The molecule has 1 atom stereocenters. The highest BCUT2D eigenvalue weighted by molar-refractivity contribution is 6.31. The molecule has 0 unspecified atom stereocenters. The first kappa shape index (κ1) is 16.8. The van der Waals surface area contributed by atoms with Crippen LogP contribution in [0.25, 0.3) is 0 Å². The molecule has 0 bridgehead atoms. The number of halogens is 1. The van der Waals surface area contributed by atoms with Crippen LogP contribution in [-0.2, 0) is 4.79 Å². The van der Waals surface area contributed by atoms with E-state index in [9.17, 15) is 4.79 Å². The zero-order chi connectivity index (χ0) is 16.9. The summed E-state index contributed by atoms with van der Waals surface area (Å²) in [5.41, 5.74) is 0.601. The molecule has 1 saturated heterocycles. The number of ether oxygens (including phenoxy) is 1. The molecule has 3 rings (SSSR count). The molecule has 0 radical (unpaired) electrons. The van der Waals surface area contributed by atoms with E-state index in [-0.39, 0.29) is 11.8 Å². The zero-order valence-electron chi connectivity index (χ0n) is 13.7. The summed E-state index contributed by atoms with van der Waals surface area (Å²) in [5.74, 6) is 1.31. The van der Waals surface area contributed by atoms with Crippen molar-refractivity contribution in [1.82, 2.24) is 4.90 Å². The van der Waals surface area contributed by atoms with Gasteiger partial charge in [-0.3, -0.25) is 4.79 Å². The highest BCUT2D eigenvalue weighted by atomic mass is 35.5. The van der Waals surface area contributed by atoms with Gasteiger partial charge < -0.3 is 15.0 Å². The maximum absolute atomic E-state index is 12.6. The first-order valence-corrected chi connectivity index (χ1v) is 8.51. The van der Waals surface area contributed by atoms with Gasteiger partial charge >= 0.3 is 0 Å². The topological polar surface area (TPSA) is 41.6 Å². The lowest BCUT2D eigenvalue weighted by Gasteiger charge is -2.28. The van der Waals surface area contributed by atoms with Crippen LogP contribution >= 0.6 is 11.6 Å². The fraction of sp³-hybridized carbons (Fsp3) is 0.316. The molecule has 1 amide bonds. The maximum Gasteiger partial charge on any atom is 0.228 e. The molecule has 0 saturated carbocycles. The molecule has 24 heavy (non-hydrogen) atoms. The normalized spacial score (nSPS) is 18.2. The summed E-state index contributed by atoms with van der Waals surface area (Å²) in [6.45, 7) is 1.82. The molecule has 0 spiro atoms. The molecule has 5 heteroatoms. The number of nitrogens with zero attached hydrogens (tertiary/aromatic N) is 1. The summed E-state index contributed by atoms with van der Waals surface area (Å²) in [5, 5.41) is 3.55. The number of piperidine rings is 1. The maximum atomic E-state index is 12.6. The van der Waals surface area contributed by atoms with Crippen molar-refractivity contribution in [1.29, 1.82) is 0 Å². The Kier molecular flexibility index (Phi) is 5.38. The monoisotopic (exact) mass is 344 g/mol. The molecule has 4 nitrogen and oxygen atoms in total. The number of benzene rings is 2. The van der Waals surface area contributed by atoms with Crippen LogP contribution in [0.5, 0.6) is 11.5 Å². The van der Waals surface area contributed by atoms with E-state index in [1.807, 2.05) is 37.4 Å². The third kappa shape index (κ3) is 4.28. The number of likely N-dealkylation sites (tertiary alicyclic amines) is 1. The van der Waals surface area contributed by atoms with Crippen molar-refractivity contribution in [2.24, 2.45) is 5.92 Å². The Hall–Kier alpha value is -2.04. The summed E-state index contributed by atoms with van der Waals surface area (Å²) in [4.78, 5) is 14.8. The summed E-state index contributed by atoms with van der Waals surface area (Å²) >= 11 is 6.10. The van der Waals surface area contributed by atoms with Crippen LogP contribution in [-0.4, -0.2) is 30.9 Å². The van der Waals surface area contributed by atoms with E-state index in [0.717, 1.165) is 25.9 Å². The van der Waals surface area contributed by atoms with Gasteiger partial charge in [-0.1, -0.05) is 29.8 Å². The van der Waals surface area contributed by atoms with Crippen molar-refractivity contribution in [2.45, 2.75) is 12.8 Å². The first-order chi connectivity index (χ1) is 11.6. The second kappa shape index (κ2) is 7.69. The van der Waals surface area contributed by atoms with Gasteiger partial charge in [0.05, 0.1) is 11.6 Å². The third-order valence-electron chi connectivity index (χ3n) is 4.17. The highest BCUT2D eigenvalue weighted by Gasteiger charge is 2.24. The van der Waals surface area contributed by atoms with Crippen LogP contribution in [0.4, 0.5) is 5.69 Å². The van der Waals surface area contributed by atoms with Gasteiger partial charge in [0.1, 0.15) is 5.75 Å². The van der Waals surface area contributed by atoms with Gasteiger partial charge in [0.25, 0.3) is 0 Å². The predicted octanol–water partition coefficient (Wildman–Crippen LogP) is 4.41. The largest absolute Gasteiger partial charge is 0.455 e. The smallest absolute Gasteiger partial charge is 0.228 e. The van der Waals surface area contributed by atoms with Gasteiger partial charge in [-0.25, -0.2) is 0 Å². The molecule has 2 aromatic rings. The minimum atomic E-state index is -0.00712. The van der Waals surface area contributed by atoms with Gasteiger partial charge in [0.15, 0.2) is 5.75 Å². The Morgan fingerprint density at radius 2 is 2.04 bits per heavy atom. The van der Waals surface area contributed by atoms with E-state index in [4.69, 9.17) is 16.3 Å². The van der Waals surface area contributed by atoms with Gasteiger partial charge in [0.2, 0.25) is 5.91 Å². The number of para-hydroxylation sites is 1. The average molecular weight is 345 g/mol. The van der Waals surface area contributed by atoms with E-state index in [1.54, 1.807) is 18.2 Å². The van der Waals surface area contributed by atoms with Crippen molar-refractivity contribution < 1.29 is 9.53 Å². The van der Waals surface area contributed by atoms with Crippen molar-refractivity contribution in [3.8, 4) is 11.5 Å². The van der Waals surface area contributed by atoms with Crippen molar-refractivity contribution in [3.63, 3.8) is 0 Å². The number of anilines is 1. The minimum Gasteiger partial charge on any atom is -0.455 e. The average Bonchev–Trinajstić information content (AvgIpc) is 2.58. The third-order valence-corrected chi connectivity index (χ3v) is 4.40. The number of nitrogens with one attached hydrogen (secondary N) is 1. The van der Waals surface area contributed by atoms with E-state index >= 15 is 0 Å². The van der Waals surface area contributed by atoms with Crippen LogP contribution < -0.4 is 10.1 Å². The van der Waals surface area contributed by atoms with Crippen LogP contribution in [0, 0.1) is 5.92 Å². The van der Waals surface area contributed by atoms with Crippen LogP contribution in [0.15, 0.2) is 48.5 Å². The Labute approximate surface area is 147 Å². The van der Waals surface area contributed by atoms with E-state index in [1.165, 1.54) is 0 Å². The number of carbonyl (C=O) groups excluding carboxylic acids is 1. The second-order valence-electron chi connectivity index (χ2n) is 6.15. The molecule has 2 aromatic carbocycles. The Morgan fingerprint density at radius 1 is 1.25 bits per heavy atom. The standard InChI is InChI=1S/C19H21ClN2O2/c1-22-11-5-6-14(13-22)19(23)21-17-12-15(20)9-10-18(17)24-16-7-3-2-4-8-16/h2-4,7-10,12,14H,5-6,11,13H2,1H3,(H,21,23)/t14-/m0/s1. The minimum absolute atomic E-state index is 0.00712. The highest BCUT2D eigenvalue weighted by Crippen LogP contribution is 2.32. The Morgan fingerprint density at radius 3 is 2.79 bits per heavy atom. The molecule has 1 aliphatic rings. The number of carbonyl (C=O) groups is 1. The molecule has 126 valence electrons. The van der Waals surface area contributed by atoms with Gasteiger partial charge in [-0.05, 0) is 56.8 Å². The van der Waals surface area contributed by atoms with Crippen LogP contribution in [0.3, 0.4) is 0 Å². The predicted molar refractivity (Wildman–Crippen MR) is 96.8 cm³/mol. The number of hydrogen-bond acceptors (Lipinski definition) is 3. The lowest BCUT2D eigenvalue weighted by Crippen LogP contribution is -2.38. The summed E-state index contributed by atoms with van der Waals surface area (Å²) in [6, 6.07) is 14.7. The van der Waals surface area contributed by atoms with Gasteiger partial charge in [-0.2, -0.15) is 0 Å². The molecular formula is C19H21ClN2O2. The van der Waals surface area contributed by atoms with Gasteiger partial charge in [0, 0.05) is 11.6 Å². The first-order valence-electron chi connectivity index (χ1n) is 8.13. The Balaban J connectivity index is 1.76. The number of rotatable bonds is 4. The Bertz CT molecular complexity index is 706. The zero-order valence-corrected chi connectivity index (χ0v) is 14.4. The fourth-order valence-electron chi connectivity index (χ4n) is 2.92. The number of hydrogen-bond donors (Lipinski definition) is 1. The summed E-state index contributed by atoms with van der Waals surface area (Å²) < 4.78 is 5.89. The molecule has 1 fully saturated rings. The lowest BCUT2D eigenvalue weighted by atomic mass is 9.97. The van der Waals surface area contributed by atoms with Crippen molar-refractivity contribution in [3.05, 3.63) is 53.6 Å². The quantitative estimate of drug-likeness (QED) is 0.893. The van der Waals surface area contributed by atoms with Crippen LogP contribution in [0.1, 0.15) is 12.8 Å². The molecule has 0 aromatic heterocycles. The van der Waals surface area contributed by atoms with E-state index < -0.39 is 0 Å². The lowest BCUT2D eigenvalue weighted by molar-refractivity contribution is -0.121.